The summed E-state index contributed by atoms with van der Waals surface area (Å²) in [5.74, 6) is 0.670. The van der Waals surface area contributed by atoms with E-state index in [1.54, 1.807) is 6.20 Å². The van der Waals surface area contributed by atoms with Gasteiger partial charge in [-0.1, -0.05) is 23.9 Å². The van der Waals surface area contributed by atoms with E-state index in [4.69, 9.17) is 0 Å². The summed E-state index contributed by atoms with van der Waals surface area (Å²) in [7, 11) is -2.99. The van der Waals surface area contributed by atoms with Gasteiger partial charge < -0.3 is 4.57 Å². The molecule has 6 nitrogen and oxygen atoms in total. The van der Waals surface area contributed by atoms with E-state index in [9.17, 15) is 13.2 Å². The highest BCUT2D eigenvalue weighted by molar-refractivity contribution is 7.99. The lowest BCUT2D eigenvalue weighted by atomic mass is 10.1. The predicted octanol–water partition coefficient (Wildman–Crippen LogP) is 4.24. The zero-order valence-electron chi connectivity index (χ0n) is 18.3. The Bertz CT molecular complexity index is 1260. The molecule has 164 valence electrons. The number of sulfone groups is 1. The summed E-state index contributed by atoms with van der Waals surface area (Å²) in [4.78, 5) is 17.5. The van der Waals surface area contributed by atoms with Crippen LogP contribution in [-0.2, 0) is 9.84 Å². The highest BCUT2D eigenvalue weighted by Crippen LogP contribution is 2.30. The van der Waals surface area contributed by atoms with Crippen LogP contribution >= 0.6 is 11.8 Å². The molecule has 0 bridgehead atoms. The molecule has 1 aliphatic rings. The van der Waals surface area contributed by atoms with Gasteiger partial charge in [-0.15, -0.1) is 0 Å². The molecule has 2 aromatic heterocycles. The average Bonchev–Trinajstić information content (AvgIpc) is 3.39. The van der Waals surface area contributed by atoms with Crippen LogP contribution in [0.2, 0.25) is 0 Å². The smallest absolute Gasteiger partial charge is 0.175 e. The number of benzene rings is 1. The molecule has 0 radical (unpaired) electrons. The fourth-order valence-electron chi connectivity index (χ4n) is 4.37. The van der Waals surface area contributed by atoms with E-state index in [1.165, 1.54) is 17.3 Å². The van der Waals surface area contributed by atoms with E-state index in [0.29, 0.717) is 12.0 Å². The van der Waals surface area contributed by atoms with Gasteiger partial charge in [0.15, 0.2) is 20.8 Å². The molecule has 1 aliphatic heterocycles. The van der Waals surface area contributed by atoms with Crippen LogP contribution in [0.4, 0.5) is 0 Å². The lowest BCUT2D eigenvalue weighted by Crippen LogP contribution is -2.14. The second kappa shape index (κ2) is 8.31. The summed E-state index contributed by atoms with van der Waals surface area (Å²) in [6.07, 6.45) is 4.27. The highest BCUT2D eigenvalue weighted by Gasteiger charge is 2.31. The Kier molecular flexibility index (Phi) is 5.87. The van der Waals surface area contributed by atoms with Crippen LogP contribution in [0.5, 0.6) is 0 Å². The highest BCUT2D eigenvalue weighted by atomic mass is 32.2. The molecule has 1 unspecified atom stereocenters. The summed E-state index contributed by atoms with van der Waals surface area (Å²) in [5, 5.41) is 0.776. The number of Topliss-reactive ketones (excluding diaryl/α,β-unsaturated/α-hetero) is 1. The van der Waals surface area contributed by atoms with Crippen LogP contribution in [-0.4, -0.2) is 45.6 Å². The summed E-state index contributed by atoms with van der Waals surface area (Å²) in [6, 6.07) is 8.09. The van der Waals surface area contributed by atoms with E-state index in [1.807, 2.05) is 35.2 Å². The van der Waals surface area contributed by atoms with Gasteiger partial charge in [0.1, 0.15) is 0 Å². The van der Waals surface area contributed by atoms with Gasteiger partial charge in [0.05, 0.1) is 22.9 Å². The van der Waals surface area contributed by atoms with Crippen LogP contribution in [0, 0.1) is 27.7 Å². The number of carbonyl (C=O) groups excluding carboxylic acids is 1. The molecule has 0 saturated carbocycles. The van der Waals surface area contributed by atoms with E-state index >= 15 is 0 Å². The van der Waals surface area contributed by atoms with Gasteiger partial charge in [0.25, 0.3) is 0 Å². The molecule has 1 fully saturated rings. The number of thioether (sulfide) groups is 1. The minimum atomic E-state index is -2.99. The Morgan fingerprint density at radius 3 is 2.68 bits per heavy atom. The Balaban J connectivity index is 1.53. The fraction of sp³-hybridized carbons (Fsp3) is 0.391. The molecule has 3 heterocycles. The SMILES string of the molecule is Cc1ccc(C)c(-n2ccnc2SCC(=O)c2cc(C)n(C3CCS(=O)(=O)C3)c2C)c1. The molecule has 1 saturated heterocycles. The lowest BCUT2D eigenvalue weighted by molar-refractivity contribution is 0.102. The molecule has 0 amide bonds. The molecule has 3 aromatic rings. The topological polar surface area (TPSA) is 74.0 Å². The van der Waals surface area contributed by atoms with Gasteiger partial charge in [-0.05, 0) is 57.4 Å². The van der Waals surface area contributed by atoms with Crippen LogP contribution in [0.25, 0.3) is 5.69 Å². The molecule has 4 rings (SSSR count). The molecule has 8 heteroatoms. The van der Waals surface area contributed by atoms with Gasteiger partial charge in [0.2, 0.25) is 0 Å². The molecule has 0 N–H and O–H groups in total. The normalized spacial score (nSPS) is 17.9. The van der Waals surface area contributed by atoms with Crippen molar-refractivity contribution < 1.29 is 13.2 Å². The Morgan fingerprint density at radius 2 is 1.97 bits per heavy atom. The predicted molar refractivity (Wildman–Crippen MR) is 124 cm³/mol. The maximum absolute atomic E-state index is 13.0. The maximum Gasteiger partial charge on any atom is 0.175 e. The van der Waals surface area contributed by atoms with Gasteiger partial charge in [-0.3, -0.25) is 9.36 Å². The van der Waals surface area contributed by atoms with Crippen molar-refractivity contribution in [1.29, 1.82) is 0 Å². The number of aryl methyl sites for hydroxylation is 3. The summed E-state index contributed by atoms with van der Waals surface area (Å²) < 4.78 is 27.9. The first kappa shape index (κ1) is 21.9. The number of imidazole rings is 1. The van der Waals surface area contributed by atoms with Gasteiger partial charge in [-0.2, -0.15) is 0 Å². The number of hydrogen-bond acceptors (Lipinski definition) is 5. The fourth-order valence-corrected chi connectivity index (χ4v) is 6.92. The monoisotopic (exact) mass is 457 g/mol. The van der Waals surface area contributed by atoms with Crippen LogP contribution < -0.4 is 0 Å². The molecule has 1 aromatic carbocycles. The van der Waals surface area contributed by atoms with E-state index in [2.05, 4.69) is 37.0 Å². The zero-order chi connectivity index (χ0) is 22.3. The number of aromatic nitrogens is 3. The largest absolute Gasteiger partial charge is 0.344 e. The molecule has 0 spiro atoms. The molecule has 0 aliphatic carbocycles. The van der Waals surface area contributed by atoms with E-state index in [0.717, 1.165) is 27.8 Å². The minimum Gasteiger partial charge on any atom is -0.344 e. The van der Waals surface area contributed by atoms with Gasteiger partial charge >= 0.3 is 0 Å². The Hall–Kier alpha value is -2.32. The summed E-state index contributed by atoms with van der Waals surface area (Å²) in [6.45, 7) is 7.97. The van der Waals surface area contributed by atoms with Crippen molar-refractivity contribution >= 4 is 27.4 Å². The molecular weight excluding hydrogens is 430 g/mol. The van der Waals surface area contributed by atoms with E-state index in [-0.39, 0.29) is 29.1 Å². The van der Waals surface area contributed by atoms with Crippen molar-refractivity contribution in [3.63, 3.8) is 0 Å². The van der Waals surface area contributed by atoms with Crippen molar-refractivity contribution in [2.45, 2.75) is 45.3 Å². The third-order valence-electron chi connectivity index (χ3n) is 5.92. The number of hydrogen-bond donors (Lipinski definition) is 0. The number of carbonyl (C=O) groups is 1. The Morgan fingerprint density at radius 1 is 1.19 bits per heavy atom. The first-order valence-electron chi connectivity index (χ1n) is 10.3. The Labute approximate surface area is 187 Å². The summed E-state index contributed by atoms with van der Waals surface area (Å²) >= 11 is 1.42. The van der Waals surface area contributed by atoms with Crippen LogP contribution in [0.3, 0.4) is 0 Å². The van der Waals surface area contributed by atoms with Crippen LogP contribution in [0.1, 0.15) is 45.3 Å². The van der Waals surface area contributed by atoms with Crippen molar-refractivity contribution in [1.82, 2.24) is 14.1 Å². The zero-order valence-corrected chi connectivity index (χ0v) is 19.9. The van der Waals surface area contributed by atoms with Crippen molar-refractivity contribution in [2.75, 3.05) is 17.3 Å². The van der Waals surface area contributed by atoms with Crippen molar-refractivity contribution in [3.8, 4) is 5.69 Å². The van der Waals surface area contributed by atoms with E-state index < -0.39 is 9.84 Å². The van der Waals surface area contributed by atoms with Gasteiger partial charge in [-0.25, -0.2) is 13.4 Å². The third-order valence-corrected chi connectivity index (χ3v) is 8.64. The molecular formula is C23H27N3O3S2. The first-order valence-corrected chi connectivity index (χ1v) is 13.1. The quantitative estimate of drug-likeness (QED) is 0.409. The van der Waals surface area contributed by atoms with Crippen molar-refractivity contribution in [3.05, 3.63) is 64.7 Å². The molecule has 1 atom stereocenters. The van der Waals surface area contributed by atoms with Crippen LogP contribution in [0.15, 0.2) is 41.8 Å². The van der Waals surface area contributed by atoms with Crippen molar-refractivity contribution in [2.24, 2.45) is 0 Å². The second-order valence-corrected chi connectivity index (χ2v) is 11.5. The number of ketones is 1. The average molecular weight is 458 g/mol. The standard InChI is InChI=1S/C23H27N3O3S2/c1-15-5-6-16(2)21(11-15)25-9-8-24-23(25)30-13-22(27)20-12-17(3)26(18(20)4)19-7-10-31(28,29)14-19/h5-6,8-9,11-12,19H,7,10,13-14H2,1-4H3. The third kappa shape index (κ3) is 4.36. The first-order chi connectivity index (χ1) is 14.7. The number of nitrogens with zero attached hydrogens (tertiary/aromatic N) is 3. The number of rotatable bonds is 6. The summed E-state index contributed by atoms with van der Waals surface area (Å²) in [5.41, 5.74) is 5.83. The maximum atomic E-state index is 13.0. The minimum absolute atomic E-state index is 0.0284. The second-order valence-electron chi connectivity index (χ2n) is 8.29. The lowest BCUT2D eigenvalue weighted by Gasteiger charge is -2.16. The van der Waals surface area contributed by atoms with Gasteiger partial charge in [0, 0.05) is 35.4 Å². The molecule has 31 heavy (non-hydrogen) atoms.